The molecule has 1 saturated heterocycles. The lowest BCUT2D eigenvalue weighted by molar-refractivity contribution is -0.119. The molecule has 1 fully saturated rings. The van der Waals surface area contributed by atoms with Gasteiger partial charge in [-0.05, 0) is 49.9 Å². The van der Waals surface area contributed by atoms with Crippen LogP contribution in [0.3, 0.4) is 0 Å². The highest BCUT2D eigenvalue weighted by Crippen LogP contribution is 2.28. The molecule has 5 heteroatoms. The zero-order valence-corrected chi connectivity index (χ0v) is 15.0. The van der Waals surface area contributed by atoms with Crippen molar-refractivity contribution in [2.75, 3.05) is 18.0 Å². The number of nitrogens with one attached hydrogen (secondary N) is 1. The number of nitrogens with zero attached hydrogens (tertiary/aromatic N) is 2. The molecule has 25 heavy (non-hydrogen) atoms. The molecule has 3 rings (SSSR count). The quantitative estimate of drug-likeness (QED) is 0.928. The minimum Gasteiger partial charge on any atom is -0.371 e. The molecule has 0 atom stereocenters. The van der Waals surface area contributed by atoms with Crippen molar-refractivity contribution in [3.05, 3.63) is 47.4 Å². The van der Waals surface area contributed by atoms with E-state index in [0.29, 0.717) is 5.56 Å². The Bertz CT molecular complexity index is 783. The predicted molar refractivity (Wildman–Crippen MR) is 98.2 cm³/mol. The van der Waals surface area contributed by atoms with Crippen LogP contribution in [-0.2, 0) is 4.79 Å². The molecule has 132 valence electrons. The second-order valence-electron chi connectivity index (χ2n) is 6.78. The zero-order valence-electron chi connectivity index (χ0n) is 15.0. The molecule has 1 aliphatic rings. The number of hydrogen-bond acceptors (Lipinski definition) is 3. The van der Waals surface area contributed by atoms with E-state index in [9.17, 15) is 9.18 Å². The fourth-order valence-corrected chi connectivity index (χ4v) is 3.32. The first-order valence-corrected chi connectivity index (χ1v) is 8.69. The van der Waals surface area contributed by atoms with Gasteiger partial charge in [0.25, 0.3) is 0 Å². The van der Waals surface area contributed by atoms with Gasteiger partial charge in [0, 0.05) is 43.5 Å². The Morgan fingerprint density at radius 1 is 1.20 bits per heavy atom. The number of pyridine rings is 1. The van der Waals surface area contributed by atoms with Gasteiger partial charge >= 0.3 is 0 Å². The van der Waals surface area contributed by atoms with Gasteiger partial charge in [-0.3, -0.25) is 9.78 Å². The third-order valence-corrected chi connectivity index (χ3v) is 4.79. The lowest BCUT2D eigenvalue weighted by atomic mass is 10.0. The van der Waals surface area contributed by atoms with Gasteiger partial charge in [-0.1, -0.05) is 12.1 Å². The van der Waals surface area contributed by atoms with Crippen LogP contribution in [0.2, 0.25) is 0 Å². The van der Waals surface area contributed by atoms with Crippen LogP contribution in [0.4, 0.5) is 10.1 Å². The summed E-state index contributed by atoms with van der Waals surface area (Å²) in [5.74, 6) is -0.181. The SMILES string of the molecule is CC(=O)NC1CCN(c2cc(-c3ccc(C)c(F)c3)ncc2C)CC1. The average molecular weight is 341 g/mol. The number of benzene rings is 1. The highest BCUT2D eigenvalue weighted by atomic mass is 19.1. The minimum absolute atomic E-state index is 0.0298. The molecule has 0 saturated carbocycles. The Balaban J connectivity index is 1.80. The third kappa shape index (κ3) is 3.98. The fraction of sp³-hybridized carbons (Fsp3) is 0.400. The molecule has 0 radical (unpaired) electrons. The third-order valence-electron chi connectivity index (χ3n) is 4.79. The van der Waals surface area contributed by atoms with E-state index < -0.39 is 0 Å². The summed E-state index contributed by atoms with van der Waals surface area (Å²) >= 11 is 0. The van der Waals surface area contributed by atoms with E-state index in [1.54, 1.807) is 26.0 Å². The molecule has 2 heterocycles. The predicted octanol–water partition coefficient (Wildman–Crippen LogP) is 3.61. The molecule has 0 bridgehead atoms. The Morgan fingerprint density at radius 3 is 2.56 bits per heavy atom. The number of anilines is 1. The molecule has 2 aromatic rings. The summed E-state index contributed by atoms with van der Waals surface area (Å²) in [6.07, 6.45) is 3.70. The molecule has 1 aromatic carbocycles. The van der Waals surface area contributed by atoms with Crippen LogP contribution < -0.4 is 10.2 Å². The number of hydrogen-bond donors (Lipinski definition) is 1. The molecule has 1 aliphatic heterocycles. The number of aryl methyl sites for hydroxylation is 2. The molecule has 4 nitrogen and oxygen atoms in total. The summed E-state index contributed by atoms with van der Waals surface area (Å²) in [6, 6.07) is 7.52. The monoisotopic (exact) mass is 341 g/mol. The van der Waals surface area contributed by atoms with Gasteiger partial charge in [-0.15, -0.1) is 0 Å². The van der Waals surface area contributed by atoms with E-state index in [4.69, 9.17) is 0 Å². The highest BCUT2D eigenvalue weighted by Gasteiger charge is 2.21. The van der Waals surface area contributed by atoms with Crippen molar-refractivity contribution in [2.45, 2.75) is 39.7 Å². The smallest absolute Gasteiger partial charge is 0.217 e. The van der Waals surface area contributed by atoms with E-state index in [0.717, 1.165) is 48.4 Å². The molecule has 0 aliphatic carbocycles. The molecular formula is C20H24FN3O. The van der Waals surface area contributed by atoms with Gasteiger partial charge in [0.1, 0.15) is 5.82 Å². The van der Waals surface area contributed by atoms with Crippen molar-refractivity contribution in [2.24, 2.45) is 0 Å². The van der Waals surface area contributed by atoms with E-state index in [1.165, 1.54) is 0 Å². The van der Waals surface area contributed by atoms with Crippen LogP contribution in [0, 0.1) is 19.7 Å². The van der Waals surface area contributed by atoms with Crippen LogP contribution in [0.15, 0.2) is 30.5 Å². The summed E-state index contributed by atoms with van der Waals surface area (Å²) in [7, 11) is 0. The van der Waals surface area contributed by atoms with Crippen molar-refractivity contribution < 1.29 is 9.18 Å². The lowest BCUT2D eigenvalue weighted by Crippen LogP contribution is -2.44. The Hall–Kier alpha value is -2.43. The summed E-state index contributed by atoms with van der Waals surface area (Å²) in [5.41, 5.74) is 4.44. The van der Waals surface area contributed by atoms with Crippen molar-refractivity contribution in [1.29, 1.82) is 0 Å². The standard InChI is InChI=1S/C20H24FN3O/c1-13-4-5-16(10-18(13)21)19-11-20(14(2)12-22-19)24-8-6-17(7-9-24)23-15(3)25/h4-5,10-12,17H,6-9H2,1-3H3,(H,23,25). The van der Waals surface area contributed by atoms with Crippen LogP contribution in [0.25, 0.3) is 11.3 Å². The second-order valence-corrected chi connectivity index (χ2v) is 6.78. The van der Waals surface area contributed by atoms with Crippen LogP contribution in [0.1, 0.15) is 30.9 Å². The largest absolute Gasteiger partial charge is 0.371 e. The number of halogens is 1. The first-order chi connectivity index (χ1) is 11.9. The molecular weight excluding hydrogens is 317 g/mol. The van der Waals surface area contributed by atoms with Crippen molar-refractivity contribution >= 4 is 11.6 Å². The number of amides is 1. The lowest BCUT2D eigenvalue weighted by Gasteiger charge is -2.34. The maximum absolute atomic E-state index is 13.9. The van der Waals surface area contributed by atoms with E-state index in [2.05, 4.69) is 15.2 Å². The van der Waals surface area contributed by atoms with E-state index in [1.807, 2.05) is 25.3 Å². The fourth-order valence-electron chi connectivity index (χ4n) is 3.32. The van der Waals surface area contributed by atoms with Crippen molar-refractivity contribution in [3.63, 3.8) is 0 Å². The van der Waals surface area contributed by atoms with Gasteiger partial charge in [0.15, 0.2) is 0 Å². The van der Waals surface area contributed by atoms with Gasteiger partial charge in [0.2, 0.25) is 5.91 Å². The molecule has 1 N–H and O–H groups in total. The van der Waals surface area contributed by atoms with Crippen LogP contribution >= 0.6 is 0 Å². The number of aromatic nitrogens is 1. The highest BCUT2D eigenvalue weighted by molar-refractivity contribution is 5.73. The maximum Gasteiger partial charge on any atom is 0.217 e. The van der Waals surface area contributed by atoms with Gasteiger partial charge in [-0.25, -0.2) is 4.39 Å². The number of carbonyl (C=O) groups is 1. The maximum atomic E-state index is 13.9. The summed E-state index contributed by atoms with van der Waals surface area (Å²) in [5, 5.41) is 3.00. The zero-order chi connectivity index (χ0) is 18.0. The van der Waals surface area contributed by atoms with Gasteiger partial charge in [-0.2, -0.15) is 0 Å². The number of piperidine rings is 1. The first kappa shape index (κ1) is 17.4. The van der Waals surface area contributed by atoms with Crippen LogP contribution in [-0.4, -0.2) is 30.0 Å². The average Bonchev–Trinajstić information content (AvgIpc) is 2.58. The van der Waals surface area contributed by atoms with E-state index >= 15 is 0 Å². The van der Waals surface area contributed by atoms with Gasteiger partial charge < -0.3 is 10.2 Å². The topological polar surface area (TPSA) is 45.2 Å². The Labute approximate surface area is 148 Å². The van der Waals surface area contributed by atoms with Crippen molar-refractivity contribution in [1.82, 2.24) is 10.3 Å². The van der Waals surface area contributed by atoms with Gasteiger partial charge in [0.05, 0.1) is 5.69 Å². The molecule has 0 unspecified atom stereocenters. The van der Waals surface area contributed by atoms with E-state index in [-0.39, 0.29) is 17.8 Å². The number of carbonyl (C=O) groups excluding carboxylic acids is 1. The summed E-state index contributed by atoms with van der Waals surface area (Å²) in [6.45, 7) is 7.13. The molecule has 1 aromatic heterocycles. The summed E-state index contributed by atoms with van der Waals surface area (Å²) < 4.78 is 13.9. The molecule has 1 amide bonds. The summed E-state index contributed by atoms with van der Waals surface area (Å²) in [4.78, 5) is 18.0. The minimum atomic E-state index is -0.211. The normalized spacial score (nSPS) is 15.3. The number of rotatable bonds is 3. The van der Waals surface area contributed by atoms with Crippen LogP contribution in [0.5, 0.6) is 0 Å². The Kier molecular flexibility index (Phi) is 5.02. The Morgan fingerprint density at radius 2 is 1.92 bits per heavy atom. The molecule has 0 spiro atoms. The van der Waals surface area contributed by atoms with Crippen molar-refractivity contribution in [3.8, 4) is 11.3 Å². The second kappa shape index (κ2) is 7.21. The first-order valence-electron chi connectivity index (χ1n) is 8.69.